The first-order valence-corrected chi connectivity index (χ1v) is 9.23. The molecule has 0 aliphatic heterocycles. The normalized spacial score (nSPS) is 17.2. The number of hydrogen-bond acceptors (Lipinski definition) is 2. The van der Waals surface area contributed by atoms with Gasteiger partial charge in [0.2, 0.25) is 0 Å². The molecule has 2 aromatic rings. The molecule has 2 aromatic carbocycles. The Labute approximate surface area is 157 Å². The van der Waals surface area contributed by atoms with E-state index < -0.39 is 0 Å². The lowest BCUT2D eigenvalue weighted by molar-refractivity contribution is 0.901. The van der Waals surface area contributed by atoms with Crippen LogP contribution in [-0.4, -0.2) is 6.21 Å². The van der Waals surface area contributed by atoms with Crippen LogP contribution < -0.4 is 5.43 Å². The summed E-state index contributed by atoms with van der Waals surface area (Å²) >= 11 is 0. The van der Waals surface area contributed by atoms with E-state index in [4.69, 9.17) is 0 Å². The van der Waals surface area contributed by atoms with Crippen molar-refractivity contribution in [2.24, 2.45) is 11.0 Å². The molecule has 1 unspecified atom stereocenters. The average Bonchev–Trinajstić information content (AvgIpc) is 2.83. The Kier molecular flexibility index (Phi) is 5.13. The fourth-order valence-electron chi connectivity index (χ4n) is 3.94. The van der Waals surface area contributed by atoms with Crippen LogP contribution in [0, 0.1) is 26.7 Å². The molecule has 0 heterocycles. The second-order valence-electron chi connectivity index (χ2n) is 7.44. The number of allylic oxidation sites excluding steroid dienone is 4. The van der Waals surface area contributed by atoms with Gasteiger partial charge in [0.15, 0.2) is 0 Å². The van der Waals surface area contributed by atoms with E-state index in [-0.39, 0.29) is 0 Å². The van der Waals surface area contributed by atoms with Crippen LogP contribution >= 0.6 is 0 Å². The van der Waals surface area contributed by atoms with Crippen LogP contribution in [-0.2, 0) is 0 Å². The fourth-order valence-corrected chi connectivity index (χ4v) is 3.94. The van der Waals surface area contributed by atoms with Gasteiger partial charge in [-0.05, 0) is 62.5 Å². The molecular weight excluding hydrogens is 316 g/mol. The van der Waals surface area contributed by atoms with Gasteiger partial charge < -0.3 is 0 Å². The van der Waals surface area contributed by atoms with E-state index in [0.717, 1.165) is 11.3 Å². The van der Waals surface area contributed by atoms with Crippen molar-refractivity contribution in [3.63, 3.8) is 0 Å². The molecular formula is C24H28N2. The van der Waals surface area contributed by atoms with E-state index in [1.54, 1.807) is 0 Å². The molecule has 0 bridgehead atoms. The van der Waals surface area contributed by atoms with Gasteiger partial charge in [-0.15, -0.1) is 0 Å². The Bertz CT molecular complexity index is 906. The quantitative estimate of drug-likeness (QED) is 0.502. The number of nitrogens with zero attached hydrogens (tertiary/aromatic N) is 1. The Hall–Kier alpha value is -2.61. The number of aryl methyl sites for hydroxylation is 3. The van der Waals surface area contributed by atoms with Crippen molar-refractivity contribution in [1.29, 1.82) is 0 Å². The number of anilines is 1. The molecule has 0 aromatic heterocycles. The molecule has 1 atom stereocenters. The van der Waals surface area contributed by atoms with E-state index >= 15 is 0 Å². The van der Waals surface area contributed by atoms with Crippen LogP contribution in [0.25, 0.3) is 5.57 Å². The number of nitrogens with one attached hydrogen (secondary N) is 1. The number of hydrazone groups is 1. The van der Waals surface area contributed by atoms with Crippen molar-refractivity contribution < 1.29 is 0 Å². The summed E-state index contributed by atoms with van der Waals surface area (Å²) in [7, 11) is 0. The lowest BCUT2D eigenvalue weighted by atomic mass is 9.89. The summed E-state index contributed by atoms with van der Waals surface area (Å²) in [6, 6.07) is 12.9. The molecule has 3 rings (SSSR count). The van der Waals surface area contributed by atoms with Gasteiger partial charge in [0.25, 0.3) is 0 Å². The Morgan fingerprint density at radius 2 is 1.62 bits per heavy atom. The monoisotopic (exact) mass is 344 g/mol. The second-order valence-corrected chi connectivity index (χ2v) is 7.44. The predicted octanol–water partition coefficient (Wildman–Crippen LogP) is 6.43. The minimum Gasteiger partial charge on any atom is -0.278 e. The van der Waals surface area contributed by atoms with Crippen molar-refractivity contribution in [2.75, 3.05) is 5.43 Å². The van der Waals surface area contributed by atoms with Crippen molar-refractivity contribution >= 4 is 17.5 Å². The molecule has 0 fully saturated rings. The molecule has 0 saturated carbocycles. The third kappa shape index (κ3) is 3.50. The maximum atomic E-state index is 4.55. The highest BCUT2D eigenvalue weighted by Crippen LogP contribution is 2.39. The fraction of sp³-hybridized carbons (Fsp3) is 0.292. The summed E-state index contributed by atoms with van der Waals surface area (Å²) < 4.78 is 0. The van der Waals surface area contributed by atoms with Crippen LogP contribution in [0.5, 0.6) is 0 Å². The molecule has 134 valence electrons. The van der Waals surface area contributed by atoms with Gasteiger partial charge in [-0.25, -0.2) is 0 Å². The standard InChI is InChI=1S/C24H28N2/c1-15-11-18(4)24(19(5)12-15)26-25-14-21-9-7-8-10-22(21)23-17(3)13-16(2)20(23)6/h7-14,20,26H,1-6H3. The summed E-state index contributed by atoms with van der Waals surface area (Å²) in [5.41, 5.74) is 14.7. The van der Waals surface area contributed by atoms with E-state index in [0.29, 0.717) is 5.92 Å². The smallest absolute Gasteiger partial charge is 0.0620 e. The van der Waals surface area contributed by atoms with Crippen molar-refractivity contribution in [3.05, 3.63) is 81.4 Å². The molecule has 0 saturated heterocycles. The molecule has 1 N–H and O–H groups in total. The summed E-state index contributed by atoms with van der Waals surface area (Å²) in [5, 5.41) is 4.55. The zero-order chi connectivity index (χ0) is 18.8. The topological polar surface area (TPSA) is 24.4 Å². The molecule has 2 heteroatoms. The highest BCUT2D eigenvalue weighted by atomic mass is 15.3. The zero-order valence-electron chi connectivity index (χ0n) is 16.6. The number of rotatable bonds is 4. The van der Waals surface area contributed by atoms with Gasteiger partial charge in [0, 0.05) is 11.5 Å². The minimum atomic E-state index is 0.457. The summed E-state index contributed by atoms with van der Waals surface area (Å²) in [4.78, 5) is 0. The SMILES string of the molecule is CC1=CC(C)=C(c2ccccc2C=NNc2c(C)cc(C)cc2C)C1C. The highest BCUT2D eigenvalue weighted by Gasteiger charge is 2.21. The Morgan fingerprint density at radius 3 is 2.23 bits per heavy atom. The maximum absolute atomic E-state index is 4.55. The van der Waals surface area contributed by atoms with Gasteiger partial charge >= 0.3 is 0 Å². The average molecular weight is 345 g/mol. The van der Waals surface area contributed by atoms with E-state index in [1.165, 1.54) is 39.0 Å². The number of hydrogen-bond donors (Lipinski definition) is 1. The molecule has 1 aliphatic rings. The molecule has 26 heavy (non-hydrogen) atoms. The zero-order valence-corrected chi connectivity index (χ0v) is 16.6. The molecule has 0 amide bonds. The van der Waals surface area contributed by atoms with Crippen LogP contribution in [0.2, 0.25) is 0 Å². The minimum absolute atomic E-state index is 0.457. The molecule has 0 spiro atoms. The van der Waals surface area contributed by atoms with Crippen molar-refractivity contribution in [1.82, 2.24) is 0 Å². The first kappa shape index (κ1) is 18.2. The van der Waals surface area contributed by atoms with Crippen LogP contribution in [0.4, 0.5) is 5.69 Å². The summed E-state index contributed by atoms with van der Waals surface area (Å²) in [6.07, 6.45) is 4.24. The van der Waals surface area contributed by atoms with Crippen LogP contribution in [0.3, 0.4) is 0 Å². The molecule has 0 radical (unpaired) electrons. The lowest BCUT2D eigenvalue weighted by Gasteiger charge is -2.15. The van der Waals surface area contributed by atoms with Gasteiger partial charge in [-0.3, -0.25) is 5.43 Å². The van der Waals surface area contributed by atoms with Gasteiger partial charge in [-0.1, -0.05) is 60.5 Å². The van der Waals surface area contributed by atoms with Gasteiger partial charge in [0.05, 0.1) is 11.9 Å². The lowest BCUT2D eigenvalue weighted by Crippen LogP contribution is -2.02. The van der Waals surface area contributed by atoms with Gasteiger partial charge in [-0.2, -0.15) is 5.10 Å². The van der Waals surface area contributed by atoms with Crippen molar-refractivity contribution in [3.8, 4) is 0 Å². The third-order valence-corrected chi connectivity index (χ3v) is 5.29. The first-order valence-electron chi connectivity index (χ1n) is 9.23. The predicted molar refractivity (Wildman–Crippen MR) is 114 cm³/mol. The first-order chi connectivity index (χ1) is 12.4. The van der Waals surface area contributed by atoms with E-state index in [9.17, 15) is 0 Å². The third-order valence-electron chi connectivity index (χ3n) is 5.29. The largest absolute Gasteiger partial charge is 0.278 e. The Balaban J connectivity index is 1.89. The number of benzene rings is 2. The highest BCUT2D eigenvalue weighted by molar-refractivity contribution is 5.91. The maximum Gasteiger partial charge on any atom is 0.0620 e. The Morgan fingerprint density at radius 1 is 0.962 bits per heavy atom. The van der Waals surface area contributed by atoms with E-state index in [1.807, 2.05) is 6.21 Å². The van der Waals surface area contributed by atoms with Gasteiger partial charge in [0.1, 0.15) is 0 Å². The second kappa shape index (κ2) is 7.33. The summed E-state index contributed by atoms with van der Waals surface area (Å²) in [6.45, 7) is 13.1. The van der Waals surface area contributed by atoms with Crippen LogP contribution in [0.15, 0.2) is 58.7 Å². The van der Waals surface area contributed by atoms with E-state index in [2.05, 4.69) is 94.5 Å². The molecule has 2 nitrogen and oxygen atoms in total. The van der Waals surface area contributed by atoms with Crippen LogP contribution in [0.1, 0.15) is 48.6 Å². The summed E-state index contributed by atoms with van der Waals surface area (Å²) in [5.74, 6) is 0.457. The van der Waals surface area contributed by atoms with Crippen molar-refractivity contribution in [2.45, 2.75) is 41.5 Å². The molecule has 1 aliphatic carbocycles.